The van der Waals surface area contributed by atoms with Crippen molar-refractivity contribution in [3.63, 3.8) is 0 Å². The van der Waals surface area contributed by atoms with Crippen LogP contribution in [0.4, 0.5) is 5.82 Å². The second kappa shape index (κ2) is 5.83. The Bertz CT molecular complexity index is 830. The molecule has 1 aliphatic rings. The van der Waals surface area contributed by atoms with Crippen LogP contribution in [-0.4, -0.2) is 16.6 Å². The van der Waals surface area contributed by atoms with Gasteiger partial charge in [0, 0.05) is 34.5 Å². The minimum atomic E-state index is 0.0527. The highest BCUT2D eigenvalue weighted by Crippen LogP contribution is 2.30. The summed E-state index contributed by atoms with van der Waals surface area (Å²) in [7, 11) is 0. The molecular formula is C18H20N4O. The van der Waals surface area contributed by atoms with E-state index in [-0.39, 0.29) is 11.8 Å². The summed E-state index contributed by atoms with van der Waals surface area (Å²) in [6.45, 7) is 3.52. The molecule has 4 N–H and O–H groups in total. The molecule has 0 atom stereocenters. The van der Waals surface area contributed by atoms with Gasteiger partial charge in [0.15, 0.2) is 0 Å². The van der Waals surface area contributed by atoms with Crippen LogP contribution in [0.1, 0.15) is 32.3 Å². The van der Waals surface area contributed by atoms with Gasteiger partial charge in [0.2, 0.25) is 5.91 Å². The van der Waals surface area contributed by atoms with E-state index in [0.29, 0.717) is 17.2 Å². The van der Waals surface area contributed by atoms with Crippen molar-refractivity contribution in [1.29, 1.82) is 5.41 Å². The van der Waals surface area contributed by atoms with Crippen molar-refractivity contribution in [1.82, 2.24) is 4.98 Å². The van der Waals surface area contributed by atoms with Crippen molar-refractivity contribution in [2.24, 2.45) is 11.7 Å². The maximum Gasteiger partial charge on any atom is 0.228 e. The fourth-order valence-electron chi connectivity index (χ4n) is 2.68. The highest BCUT2D eigenvalue weighted by Gasteiger charge is 2.29. The third-order valence-corrected chi connectivity index (χ3v) is 3.98. The zero-order valence-electron chi connectivity index (χ0n) is 13.3. The van der Waals surface area contributed by atoms with E-state index in [1.807, 2.05) is 24.3 Å². The van der Waals surface area contributed by atoms with Gasteiger partial charge in [-0.3, -0.25) is 4.79 Å². The topological polar surface area (TPSA) is 91.9 Å². The molecule has 1 amide bonds. The Balaban J connectivity index is 1.93. The number of hydrogen-bond acceptors (Lipinski definition) is 4. The summed E-state index contributed by atoms with van der Waals surface area (Å²) < 4.78 is 0. The summed E-state index contributed by atoms with van der Waals surface area (Å²) in [5, 5.41) is 12.7. The van der Waals surface area contributed by atoms with Gasteiger partial charge in [-0.05, 0) is 49.8 Å². The highest BCUT2D eigenvalue weighted by atomic mass is 16.2. The molecule has 1 aromatic carbocycles. The number of fused-ring (bicyclic) bond motifs is 1. The Morgan fingerprint density at radius 1 is 1.26 bits per heavy atom. The molecule has 0 radical (unpaired) electrons. The van der Waals surface area contributed by atoms with Crippen LogP contribution < -0.4 is 11.1 Å². The zero-order chi connectivity index (χ0) is 16.6. The molecule has 1 aromatic heterocycles. The van der Waals surface area contributed by atoms with Crippen LogP contribution in [0.5, 0.6) is 0 Å². The molecule has 0 spiro atoms. The summed E-state index contributed by atoms with van der Waals surface area (Å²) in [5.74, 6) is 0.790. The molecule has 1 aliphatic carbocycles. The first kappa shape index (κ1) is 15.2. The molecule has 5 heteroatoms. The Hall–Kier alpha value is -2.69. The fraction of sp³-hybridized carbons (Fsp3) is 0.278. The number of pyridine rings is 1. The number of nitrogens with zero attached hydrogens (tertiary/aromatic N) is 1. The molecule has 0 aliphatic heterocycles. The molecule has 3 rings (SSSR count). The van der Waals surface area contributed by atoms with Gasteiger partial charge in [0.05, 0.1) is 0 Å². The maximum absolute atomic E-state index is 11.8. The third kappa shape index (κ3) is 3.23. The Labute approximate surface area is 135 Å². The van der Waals surface area contributed by atoms with Crippen LogP contribution in [0.3, 0.4) is 0 Å². The Morgan fingerprint density at radius 2 is 2.00 bits per heavy atom. The van der Waals surface area contributed by atoms with Crippen LogP contribution in [0.2, 0.25) is 0 Å². The minimum Gasteiger partial charge on any atom is -0.402 e. The molecule has 0 unspecified atom stereocenters. The summed E-state index contributed by atoms with van der Waals surface area (Å²) in [4.78, 5) is 16.1. The van der Waals surface area contributed by atoms with E-state index in [1.165, 1.54) is 0 Å². The van der Waals surface area contributed by atoms with Gasteiger partial charge in [-0.15, -0.1) is 0 Å². The van der Waals surface area contributed by atoms with E-state index in [0.717, 1.165) is 34.8 Å². The number of anilines is 1. The van der Waals surface area contributed by atoms with Gasteiger partial charge in [-0.2, -0.15) is 0 Å². The lowest BCUT2D eigenvalue weighted by Crippen LogP contribution is -2.14. The zero-order valence-corrected chi connectivity index (χ0v) is 13.3. The van der Waals surface area contributed by atoms with Crippen LogP contribution >= 0.6 is 0 Å². The lowest BCUT2D eigenvalue weighted by atomic mass is 9.98. The van der Waals surface area contributed by atoms with Gasteiger partial charge < -0.3 is 16.5 Å². The summed E-state index contributed by atoms with van der Waals surface area (Å²) in [6, 6.07) is 7.75. The number of rotatable bonds is 4. The predicted molar refractivity (Wildman–Crippen MR) is 93.3 cm³/mol. The van der Waals surface area contributed by atoms with Crippen molar-refractivity contribution in [2.75, 3.05) is 5.32 Å². The number of aromatic nitrogens is 1. The number of hydrogen-bond donors (Lipinski definition) is 3. The van der Waals surface area contributed by atoms with Crippen LogP contribution in [0, 0.1) is 11.3 Å². The fourth-order valence-corrected chi connectivity index (χ4v) is 2.68. The molecular weight excluding hydrogens is 288 g/mol. The first-order valence-electron chi connectivity index (χ1n) is 7.68. The quantitative estimate of drug-likeness (QED) is 0.757. The van der Waals surface area contributed by atoms with Gasteiger partial charge in [0.1, 0.15) is 5.82 Å². The second-order valence-corrected chi connectivity index (χ2v) is 6.08. The number of amides is 1. The first-order chi connectivity index (χ1) is 11.0. The summed E-state index contributed by atoms with van der Waals surface area (Å²) in [5.41, 5.74) is 8.61. The molecule has 5 nitrogen and oxygen atoms in total. The van der Waals surface area contributed by atoms with Crippen molar-refractivity contribution < 1.29 is 4.79 Å². The van der Waals surface area contributed by atoms with E-state index in [4.69, 9.17) is 11.1 Å². The van der Waals surface area contributed by atoms with Crippen LogP contribution in [0.15, 0.2) is 36.2 Å². The number of carbonyl (C=O) groups excluding carboxylic acids is 1. The van der Waals surface area contributed by atoms with Crippen molar-refractivity contribution >= 4 is 33.8 Å². The van der Waals surface area contributed by atoms with E-state index >= 15 is 0 Å². The smallest absolute Gasteiger partial charge is 0.228 e. The normalized spacial score (nSPS) is 15.2. The van der Waals surface area contributed by atoms with E-state index in [2.05, 4.69) is 10.3 Å². The van der Waals surface area contributed by atoms with E-state index in [9.17, 15) is 4.79 Å². The molecule has 1 saturated carbocycles. The molecule has 2 aromatic rings. The molecule has 1 fully saturated rings. The molecule has 1 heterocycles. The van der Waals surface area contributed by atoms with Crippen molar-refractivity contribution in [3.8, 4) is 0 Å². The van der Waals surface area contributed by atoms with E-state index in [1.54, 1.807) is 20.0 Å². The molecule has 0 saturated heterocycles. The average molecular weight is 308 g/mol. The lowest BCUT2D eigenvalue weighted by Gasteiger charge is -2.10. The molecule has 118 valence electrons. The van der Waals surface area contributed by atoms with Gasteiger partial charge >= 0.3 is 0 Å². The number of nitrogens with one attached hydrogen (secondary N) is 2. The SMILES string of the molecule is CC(=N)/C(=C(/C)N)c1ccc2cc(NC(=O)C3CC3)ncc2c1. The number of nitrogens with two attached hydrogens (primary N) is 1. The largest absolute Gasteiger partial charge is 0.402 e. The second-order valence-electron chi connectivity index (χ2n) is 6.08. The maximum atomic E-state index is 11.8. The monoisotopic (exact) mass is 308 g/mol. The average Bonchev–Trinajstić information content (AvgIpc) is 3.31. The third-order valence-electron chi connectivity index (χ3n) is 3.98. The highest BCUT2D eigenvalue weighted by molar-refractivity contribution is 6.22. The summed E-state index contributed by atoms with van der Waals surface area (Å²) >= 11 is 0. The Morgan fingerprint density at radius 3 is 2.61 bits per heavy atom. The molecule has 23 heavy (non-hydrogen) atoms. The first-order valence-corrected chi connectivity index (χ1v) is 7.68. The van der Waals surface area contributed by atoms with Crippen molar-refractivity contribution in [2.45, 2.75) is 26.7 Å². The minimum absolute atomic E-state index is 0.0527. The predicted octanol–water partition coefficient (Wildman–Crippen LogP) is 3.31. The Kier molecular flexibility index (Phi) is 3.86. The van der Waals surface area contributed by atoms with Crippen LogP contribution in [-0.2, 0) is 4.79 Å². The van der Waals surface area contributed by atoms with Gasteiger partial charge in [0.25, 0.3) is 0 Å². The standard InChI is InChI=1S/C18H20N4O/c1-10(19)17(11(2)20)14-6-5-13-8-16(21-9-15(13)7-14)22-18(23)12-3-4-12/h5-9,12,19H,3-4,20H2,1-2H3,(H,21,22,23)/b17-11+,19-10?. The lowest BCUT2D eigenvalue weighted by molar-refractivity contribution is -0.117. The summed E-state index contributed by atoms with van der Waals surface area (Å²) in [6.07, 6.45) is 3.68. The number of carbonyl (C=O) groups is 1. The van der Waals surface area contributed by atoms with E-state index < -0.39 is 0 Å². The van der Waals surface area contributed by atoms with Gasteiger partial charge in [-0.25, -0.2) is 4.98 Å². The number of allylic oxidation sites excluding steroid dienone is 2. The number of benzene rings is 1. The molecule has 0 bridgehead atoms. The van der Waals surface area contributed by atoms with Crippen LogP contribution in [0.25, 0.3) is 16.3 Å². The van der Waals surface area contributed by atoms with Gasteiger partial charge in [-0.1, -0.05) is 12.1 Å². The van der Waals surface area contributed by atoms with Crippen molar-refractivity contribution in [3.05, 3.63) is 41.7 Å².